The second kappa shape index (κ2) is 9.38. The van der Waals surface area contributed by atoms with Gasteiger partial charge in [-0.05, 0) is 59.7 Å². The summed E-state index contributed by atoms with van der Waals surface area (Å²) >= 11 is 0. The Labute approximate surface area is 193 Å². The maximum absolute atomic E-state index is 13.6. The van der Waals surface area contributed by atoms with Crippen molar-refractivity contribution in [2.75, 3.05) is 18.5 Å². The molecule has 0 saturated carbocycles. The molecule has 1 amide bonds. The number of carbonyl (C=O) groups excluding carboxylic acids is 2. The minimum atomic E-state index is -1.76. The smallest absolute Gasteiger partial charge is 0.251 e. The van der Waals surface area contributed by atoms with E-state index in [1.165, 1.54) is 34.6 Å². The number of benzene rings is 3. The molecule has 33 heavy (non-hydrogen) atoms. The number of nitrogens with one attached hydrogen (secondary N) is 1. The normalized spacial score (nSPS) is 16.5. The average Bonchev–Trinajstić information content (AvgIpc) is 2.83. The molecule has 0 aliphatic carbocycles. The van der Waals surface area contributed by atoms with E-state index in [1.54, 1.807) is 32.4 Å². The molecule has 1 heterocycles. The lowest BCUT2D eigenvalue weighted by molar-refractivity contribution is 0.0951. The van der Waals surface area contributed by atoms with Crippen molar-refractivity contribution in [1.82, 2.24) is 5.32 Å². The molecule has 168 valence electrons. The molecule has 1 aliphatic heterocycles. The predicted octanol–water partition coefficient (Wildman–Crippen LogP) is 4.10. The van der Waals surface area contributed by atoms with Crippen LogP contribution in [0.5, 0.6) is 5.75 Å². The Kier molecular flexibility index (Phi) is 6.37. The number of carbonyl (C=O) groups is 2. The number of Topliss-reactive ketones (excluding diaryl/α,β-unsaturated/α-hetero) is 1. The monoisotopic (exact) mass is 464 g/mol. The van der Waals surface area contributed by atoms with Gasteiger partial charge in [0.2, 0.25) is 5.78 Å². The average molecular weight is 465 g/mol. The van der Waals surface area contributed by atoms with Gasteiger partial charge in [-0.25, -0.2) is 8.60 Å². The molecule has 0 aromatic heterocycles. The van der Waals surface area contributed by atoms with Crippen LogP contribution in [0, 0.1) is 5.82 Å². The highest BCUT2D eigenvalue weighted by Gasteiger charge is 2.32. The van der Waals surface area contributed by atoms with Crippen molar-refractivity contribution in [3.05, 3.63) is 99.7 Å². The highest BCUT2D eigenvalue weighted by molar-refractivity contribution is 7.91. The Morgan fingerprint density at radius 3 is 2.58 bits per heavy atom. The van der Waals surface area contributed by atoms with Crippen LogP contribution in [0.25, 0.3) is 6.08 Å². The number of fused-ring (bicyclic) bond motifs is 1. The molecule has 6 nitrogen and oxygen atoms in total. The van der Waals surface area contributed by atoms with Gasteiger partial charge in [0.15, 0.2) is 11.0 Å². The third-order valence-electron chi connectivity index (χ3n) is 5.26. The topological polar surface area (TPSA) is 75.7 Å². The van der Waals surface area contributed by atoms with Crippen LogP contribution in [0.3, 0.4) is 0 Å². The lowest BCUT2D eigenvalue weighted by Gasteiger charge is -2.27. The number of allylic oxidation sites excluding steroid dienone is 1. The first-order chi connectivity index (χ1) is 15.9. The first-order valence-electron chi connectivity index (χ1n) is 10.1. The number of hydrogen-bond donors (Lipinski definition) is 1. The fourth-order valence-corrected chi connectivity index (χ4v) is 4.61. The van der Waals surface area contributed by atoms with E-state index < -0.39 is 22.6 Å². The summed E-state index contributed by atoms with van der Waals surface area (Å²) in [4.78, 5) is 25.9. The van der Waals surface area contributed by atoms with Crippen molar-refractivity contribution in [3.8, 4) is 5.75 Å². The molecular weight excluding hydrogens is 443 g/mol. The van der Waals surface area contributed by atoms with Crippen LogP contribution in [0.15, 0.2) is 71.6 Å². The van der Waals surface area contributed by atoms with Crippen molar-refractivity contribution < 1.29 is 22.9 Å². The largest absolute Gasteiger partial charge is 0.497 e. The van der Waals surface area contributed by atoms with Crippen molar-refractivity contribution in [3.63, 3.8) is 0 Å². The Hall–Kier alpha value is -3.78. The van der Waals surface area contributed by atoms with Gasteiger partial charge in [-0.3, -0.25) is 13.9 Å². The van der Waals surface area contributed by atoms with Gasteiger partial charge in [0.1, 0.15) is 16.5 Å². The summed E-state index contributed by atoms with van der Waals surface area (Å²) in [6, 6.07) is 17.7. The van der Waals surface area contributed by atoms with E-state index in [2.05, 4.69) is 5.32 Å². The molecule has 4 rings (SSSR count). The van der Waals surface area contributed by atoms with Gasteiger partial charge in [0, 0.05) is 24.7 Å². The number of halogens is 1. The summed E-state index contributed by atoms with van der Waals surface area (Å²) in [5.74, 6) is -0.535. The third-order valence-corrected chi connectivity index (χ3v) is 6.64. The van der Waals surface area contributed by atoms with Crippen molar-refractivity contribution in [2.24, 2.45) is 0 Å². The highest BCUT2D eigenvalue weighted by Crippen LogP contribution is 2.33. The van der Waals surface area contributed by atoms with E-state index in [9.17, 15) is 18.2 Å². The first-order valence-corrected chi connectivity index (χ1v) is 11.2. The van der Waals surface area contributed by atoms with Crippen molar-refractivity contribution >= 4 is 34.4 Å². The number of hydrogen-bond acceptors (Lipinski definition) is 4. The number of nitrogens with zero attached hydrogens (tertiary/aromatic N) is 1. The minimum Gasteiger partial charge on any atom is -0.497 e. The fourth-order valence-electron chi connectivity index (χ4n) is 3.47. The lowest BCUT2D eigenvalue weighted by atomic mass is 10.0. The number of methoxy groups -OCH3 is 1. The van der Waals surface area contributed by atoms with Crippen molar-refractivity contribution in [1.29, 1.82) is 0 Å². The molecular formula is C25H21FN2O4S. The molecule has 3 aromatic carbocycles. The molecule has 0 radical (unpaired) electrons. The number of ketones is 1. The molecule has 1 unspecified atom stereocenters. The van der Waals surface area contributed by atoms with E-state index in [-0.39, 0.29) is 16.4 Å². The SMILES string of the molecule is COc1ccc(CNC(=O)c2ccc3c(c2)C(=O)/C(=C\c2cccc(F)c2)S(=O)N3C)cc1. The minimum absolute atomic E-state index is 0.0198. The predicted molar refractivity (Wildman–Crippen MR) is 126 cm³/mol. The standard InChI is InChI=1S/C25H21FN2O4S/c1-28-22-11-8-18(25(30)27-15-16-6-9-20(32-2)10-7-16)14-21(22)24(29)23(33(28)31)13-17-4-3-5-19(26)12-17/h3-14H,15H2,1-2H3,(H,27,30)/b23-13+. The van der Waals surface area contributed by atoms with Crippen LogP contribution < -0.4 is 14.4 Å². The lowest BCUT2D eigenvalue weighted by Crippen LogP contribution is -2.32. The molecule has 1 atom stereocenters. The molecule has 0 spiro atoms. The molecule has 1 aliphatic rings. The fraction of sp³-hybridized carbons (Fsp3) is 0.120. The zero-order chi connectivity index (χ0) is 23.5. The summed E-state index contributed by atoms with van der Waals surface area (Å²) in [6.45, 7) is 0.308. The summed E-state index contributed by atoms with van der Waals surface area (Å²) in [7, 11) is 1.43. The quantitative estimate of drug-likeness (QED) is 0.577. The van der Waals surface area contributed by atoms with Crippen LogP contribution in [0.4, 0.5) is 10.1 Å². The van der Waals surface area contributed by atoms with Crippen LogP contribution in [0.1, 0.15) is 31.8 Å². The second-order valence-electron chi connectivity index (χ2n) is 7.40. The molecule has 8 heteroatoms. The van der Waals surface area contributed by atoms with Gasteiger partial charge >= 0.3 is 0 Å². The van der Waals surface area contributed by atoms with E-state index in [4.69, 9.17) is 4.74 Å². The summed E-state index contributed by atoms with van der Waals surface area (Å²) < 4.78 is 33.0. The third kappa shape index (κ3) is 4.70. The van der Waals surface area contributed by atoms with E-state index in [0.29, 0.717) is 23.4 Å². The highest BCUT2D eigenvalue weighted by atomic mass is 32.2. The molecule has 0 bridgehead atoms. The summed E-state index contributed by atoms with van der Waals surface area (Å²) in [5, 5.41) is 2.83. The zero-order valence-corrected chi connectivity index (χ0v) is 18.8. The van der Waals surface area contributed by atoms with Gasteiger partial charge in [-0.15, -0.1) is 0 Å². The van der Waals surface area contributed by atoms with Gasteiger partial charge < -0.3 is 10.1 Å². The molecule has 0 fully saturated rings. The summed E-state index contributed by atoms with van der Waals surface area (Å²) in [6.07, 6.45) is 1.41. The van der Waals surface area contributed by atoms with Crippen LogP contribution in [0.2, 0.25) is 0 Å². The van der Waals surface area contributed by atoms with Crippen LogP contribution in [-0.4, -0.2) is 30.1 Å². The van der Waals surface area contributed by atoms with Crippen molar-refractivity contribution in [2.45, 2.75) is 6.54 Å². The number of amides is 1. The summed E-state index contributed by atoms with van der Waals surface area (Å²) in [5.41, 5.74) is 2.35. The van der Waals surface area contributed by atoms with E-state index >= 15 is 0 Å². The van der Waals surface area contributed by atoms with Crippen LogP contribution >= 0.6 is 0 Å². The number of ether oxygens (including phenoxy) is 1. The Morgan fingerprint density at radius 1 is 1.12 bits per heavy atom. The molecule has 3 aromatic rings. The van der Waals surface area contributed by atoms with Gasteiger partial charge in [-0.2, -0.15) is 0 Å². The number of anilines is 1. The maximum Gasteiger partial charge on any atom is 0.251 e. The van der Waals surface area contributed by atoms with Crippen LogP contribution in [-0.2, 0) is 17.5 Å². The first kappa shape index (κ1) is 22.4. The van der Waals surface area contributed by atoms with Gasteiger partial charge in [0.05, 0.1) is 12.8 Å². The molecule has 0 saturated heterocycles. The van der Waals surface area contributed by atoms with E-state index in [0.717, 1.165) is 11.3 Å². The Morgan fingerprint density at radius 2 is 1.88 bits per heavy atom. The second-order valence-corrected chi connectivity index (χ2v) is 8.89. The number of rotatable bonds is 5. The Balaban J connectivity index is 1.59. The zero-order valence-electron chi connectivity index (χ0n) is 18.0. The Bertz CT molecular complexity index is 1290. The van der Waals surface area contributed by atoms with Gasteiger partial charge in [0.25, 0.3) is 5.91 Å². The van der Waals surface area contributed by atoms with E-state index in [1.807, 2.05) is 24.3 Å². The maximum atomic E-state index is 13.6. The molecule has 1 N–H and O–H groups in total. The van der Waals surface area contributed by atoms with Gasteiger partial charge in [-0.1, -0.05) is 24.3 Å².